The van der Waals surface area contributed by atoms with Crippen LogP contribution in [0.25, 0.3) is 22.8 Å². The van der Waals surface area contributed by atoms with Gasteiger partial charge < -0.3 is 9.40 Å². The van der Waals surface area contributed by atoms with Crippen molar-refractivity contribution in [2.75, 3.05) is 0 Å². The second-order valence-corrected chi connectivity index (χ2v) is 6.96. The Hall–Kier alpha value is -4.07. The predicted octanol–water partition coefficient (Wildman–Crippen LogP) is 3.46. The summed E-state index contributed by atoms with van der Waals surface area (Å²) in [5.74, 6) is 0.643. The summed E-state index contributed by atoms with van der Waals surface area (Å²) >= 11 is 0. The van der Waals surface area contributed by atoms with Crippen LogP contribution in [0, 0.1) is 0 Å². The fourth-order valence-electron chi connectivity index (χ4n) is 3.17. The maximum atomic E-state index is 12.3. The lowest BCUT2D eigenvalue weighted by molar-refractivity contribution is 0.0751. The second-order valence-electron chi connectivity index (χ2n) is 6.96. The van der Waals surface area contributed by atoms with Gasteiger partial charge in [-0.05, 0) is 49.2 Å². The van der Waals surface area contributed by atoms with Crippen molar-refractivity contribution >= 4 is 5.91 Å². The van der Waals surface area contributed by atoms with E-state index in [9.17, 15) is 4.79 Å². The summed E-state index contributed by atoms with van der Waals surface area (Å²) in [6.45, 7) is 0. The van der Waals surface area contributed by atoms with Crippen LogP contribution in [-0.2, 0) is 0 Å². The van der Waals surface area contributed by atoms with Crippen molar-refractivity contribution in [2.24, 2.45) is 0 Å². The highest BCUT2D eigenvalue weighted by Crippen LogP contribution is 2.37. The summed E-state index contributed by atoms with van der Waals surface area (Å²) < 4.78 is 2.06. The van der Waals surface area contributed by atoms with Gasteiger partial charge in [-0.1, -0.05) is 24.3 Å². The van der Waals surface area contributed by atoms with Gasteiger partial charge in [0.05, 0.1) is 11.3 Å². The summed E-state index contributed by atoms with van der Waals surface area (Å²) in [7, 11) is 0. The fraction of sp³-hybridized carbons (Fsp3) is 0.136. The van der Waals surface area contributed by atoms with E-state index in [1.807, 2.05) is 30.3 Å². The highest BCUT2D eigenvalue weighted by Gasteiger charge is 2.27. The Kier molecular flexibility index (Phi) is 4.65. The van der Waals surface area contributed by atoms with E-state index in [2.05, 4.69) is 25.2 Å². The van der Waals surface area contributed by atoms with Crippen molar-refractivity contribution in [1.82, 2.24) is 30.2 Å². The topological polar surface area (TPSA) is 94.8 Å². The molecule has 8 heteroatoms. The number of benzene rings is 1. The molecule has 5 rings (SSSR count). The molecule has 0 radical (unpaired) electrons. The van der Waals surface area contributed by atoms with Gasteiger partial charge in [-0.15, -0.1) is 10.2 Å². The molecule has 1 saturated carbocycles. The molecule has 1 aliphatic rings. The number of nitrogens with zero attached hydrogens (tertiary/aromatic N) is 5. The normalized spacial score (nSPS) is 13.1. The van der Waals surface area contributed by atoms with Crippen LogP contribution in [0.15, 0.2) is 73.2 Å². The lowest BCUT2D eigenvalue weighted by Gasteiger charge is -2.11. The molecule has 3 heterocycles. The first-order chi connectivity index (χ1) is 14.8. The molecule has 8 nitrogen and oxygen atoms in total. The summed E-state index contributed by atoms with van der Waals surface area (Å²) in [5, 5.41) is 8.29. The molecule has 0 spiro atoms. The molecule has 0 bridgehead atoms. The molecule has 1 aromatic carbocycles. The van der Waals surface area contributed by atoms with Crippen molar-refractivity contribution in [3.63, 3.8) is 0 Å². The third-order valence-electron chi connectivity index (χ3n) is 4.82. The highest BCUT2D eigenvalue weighted by atomic mass is 16.7. The molecule has 30 heavy (non-hydrogen) atoms. The van der Waals surface area contributed by atoms with Crippen molar-refractivity contribution in [1.29, 1.82) is 0 Å². The first-order valence-corrected chi connectivity index (χ1v) is 9.64. The highest BCUT2D eigenvalue weighted by molar-refractivity contribution is 5.93. The number of hydrogen-bond donors (Lipinski definition) is 1. The number of carbonyl (C=O) groups excluding carboxylic acids is 1. The Morgan fingerprint density at radius 3 is 2.67 bits per heavy atom. The molecule has 1 N–H and O–H groups in total. The fourth-order valence-corrected chi connectivity index (χ4v) is 3.17. The third-order valence-corrected chi connectivity index (χ3v) is 4.82. The summed E-state index contributed by atoms with van der Waals surface area (Å²) in [4.78, 5) is 26.8. The van der Waals surface area contributed by atoms with Gasteiger partial charge in [-0.2, -0.15) is 5.48 Å². The quantitative estimate of drug-likeness (QED) is 0.500. The molecule has 1 amide bonds. The van der Waals surface area contributed by atoms with Crippen LogP contribution in [0.1, 0.15) is 29.2 Å². The zero-order chi connectivity index (χ0) is 20.3. The average molecular weight is 398 g/mol. The molecule has 148 valence electrons. The number of aromatic nitrogens is 5. The van der Waals surface area contributed by atoms with E-state index in [1.165, 1.54) is 0 Å². The molecular formula is C22H18N6O2. The van der Waals surface area contributed by atoms with E-state index in [1.54, 1.807) is 42.9 Å². The lowest BCUT2D eigenvalue weighted by Crippen LogP contribution is -2.27. The average Bonchev–Trinajstić information content (AvgIpc) is 3.54. The largest absolute Gasteiger partial charge is 0.358 e. The molecule has 0 unspecified atom stereocenters. The van der Waals surface area contributed by atoms with E-state index < -0.39 is 0 Å². The standard InChI is InChI=1S/C22H18N6O2/c29-21(15-6-2-1-3-7-15)27-30-22-17(8-5-13-23-22)18-9-4-10-19(25-18)20-26-24-14-28(20)16-11-12-16/h1-10,13-14,16H,11-12H2,(H,27,29). The van der Waals surface area contributed by atoms with E-state index >= 15 is 0 Å². The third kappa shape index (κ3) is 3.62. The Bertz CT molecular complexity index is 1190. The van der Waals surface area contributed by atoms with Crippen molar-refractivity contribution < 1.29 is 9.63 Å². The van der Waals surface area contributed by atoms with Crippen molar-refractivity contribution in [2.45, 2.75) is 18.9 Å². The molecule has 4 aromatic rings. The summed E-state index contributed by atoms with van der Waals surface area (Å²) in [6, 6.07) is 18.6. The number of carbonyl (C=O) groups is 1. The minimum absolute atomic E-state index is 0.259. The molecule has 3 aromatic heterocycles. The Morgan fingerprint density at radius 2 is 1.83 bits per heavy atom. The van der Waals surface area contributed by atoms with Gasteiger partial charge in [-0.25, -0.2) is 9.97 Å². The monoisotopic (exact) mass is 398 g/mol. The zero-order valence-electron chi connectivity index (χ0n) is 16.0. The summed E-state index contributed by atoms with van der Waals surface area (Å²) in [5.41, 5.74) is 4.98. The molecule has 0 saturated heterocycles. The van der Waals surface area contributed by atoms with Gasteiger partial charge in [0.15, 0.2) is 5.82 Å². The number of amides is 1. The minimum Gasteiger partial charge on any atom is -0.358 e. The van der Waals surface area contributed by atoms with E-state index in [0.29, 0.717) is 22.9 Å². The predicted molar refractivity (Wildman–Crippen MR) is 109 cm³/mol. The Morgan fingerprint density at radius 1 is 1.00 bits per heavy atom. The van der Waals surface area contributed by atoms with Crippen molar-refractivity contribution in [3.8, 4) is 28.7 Å². The van der Waals surface area contributed by atoms with Crippen molar-refractivity contribution in [3.05, 3.63) is 78.8 Å². The van der Waals surface area contributed by atoms with Crippen LogP contribution in [0.3, 0.4) is 0 Å². The van der Waals surface area contributed by atoms with Gasteiger partial charge in [-0.3, -0.25) is 4.79 Å². The van der Waals surface area contributed by atoms with Crippen LogP contribution in [0.2, 0.25) is 0 Å². The minimum atomic E-state index is -0.355. The number of rotatable bonds is 6. The number of pyridine rings is 2. The van der Waals surface area contributed by atoms with Crippen LogP contribution in [0.4, 0.5) is 0 Å². The molecule has 1 fully saturated rings. The molecule has 0 aliphatic heterocycles. The second kappa shape index (κ2) is 7.75. The van der Waals surface area contributed by atoms with Gasteiger partial charge in [0, 0.05) is 17.8 Å². The number of hydroxylamine groups is 1. The lowest BCUT2D eigenvalue weighted by atomic mass is 10.1. The SMILES string of the molecule is O=C(NOc1ncccc1-c1cccc(-c2nncn2C2CC2)n1)c1ccccc1. The van der Waals surface area contributed by atoms with Gasteiger partial charge in [0.2, 0.25) is 0 Å². The van der Waals surface area contributed by atoms with E-state index in [0.717, 1.165) is 24.4 Å². The first-order valence-electron chi connectivity index (χ1n) is 9.64. The molecular weight excluding hydrogens is 380 g/mol. The first kappa shape index (κ1) is 18.0. The van der Waals surface area contributed by atoms with Crippen LogP contribution < -0.4 is 10.3 Å². The van der Waals surface area contributed by atoms with E-state index in [-0.39, 0.29) is 11.8 Å². The van der Waals surface area contributed by atoms with Crippen LogP contribution in [-0.4, -0.2) is 30.6 Å². The maximum absolute atomic E-state index is 12.3. The molecule has 0 atom stereocenters. The van der Waals surface area contributed by atoms with E-state index in [4.69, 9.17) is 9.82 Å². The van der Waals surface area contributed by atoms with Crippen LogP contribution in [0.5, 0.6) is 5.88 Å². The number of hydrogen-bond acceptors (Lipinski definition) is 6. The smallest absolute Gasteiger partial charge is 0.283 e. The van der Waals surface area contributed by atoms with Gasteiger partial charge in [0.1, 0.15) is 12.0 Å². The summed E-state index contributed by atoms with van der Waals surface area (Å²) in [6.07, 6.45) is 5.61. The van der Waals surface area contributed by atoms with Crippen LogP contribution >= 0.6 is 0 Å². The number of nitrogens with one attached hydrogen (secondary N) is 1. The molecule has 1 aliphatic carbocycles. The Balaban J connectivity index is 1.41. The van der Waals surface area contributed by atoms with Gasteiger partial charge in [0.25, 0.3) is 11.8 Å². The van der Waals surface area contributed by atoms with Gasteiger partial charge >= 0.3 is 0 Å². The maximum Gasteiger partial charge on any atom is 0.283 e. The Labute approximate surface area is 172 Å². The zero-order valence-corrected chi connectivity index (χ0v) is 16.0.